The number of methoxy groups -OCH3 is 1. The van der Waals surface area contributed by atoms with Crippen molar-refractivity contribution in [2.45, 2.75) is 30.7 Å². The Bertz CT molecular complexity index is 1400. The van der Waals surface area contributed by atoms with Crippen LogP contribution >= 0.6 is 11.3 Å². The molecule has 0 fully saturated rings. The molecule has 2 aromatic carbocycles. The largest absolute Gasteiger partial charge is 0.465 e. The first kappa shape index (κ1) is 29.3. The predicted molar refractivity (Wildman–Crippen MR) is 148 cm³/mol. The Morgan fingerprint density at radius 2 is 1.87 bits per heavy atom. The van der Waals surface area contributed by atoms with E-state index in [-0.39, 0.29) is 50.1 Å². The molecule has 3 rings (SSSR count). The minimum atomic E-state index is -4.11. The first-order valence-electron chi connectivity index (χ1n) is 12.1. The van der Waals surface area contributed by atoms with Crippen molar-refractivity contribution in [2.75, 3.05) is 40.0 Å². The van der Waals surface area contributed by atoms with Crippen LogP contribution in [0.5, 0.6) is 0 Å². The van der Waals surface area contributed by atoms with Crippen LogP contribution in [-0.4, -0.2) is 77.2 Å². The lowest BCUT2D eigenvalue weighted by molar-refractivity contribution is -0.149. The zero-order valence-corrected chi connectivity index (χ0v) is 23.0. The van der Waals surface area contributed by atoms with E-state index in [0.29, 0.717) is 6.42 Å². The van der Waals surface area contributed by atoms with Gasteiger partial charge in [-0.25, -0.2) is 8.42 Å². The first-order valence-corrected chi connectivity index (χ1v) is 14.4. The Hall–Kier alpha value is -3.26. The normalized spacial score (nSPS) is 12.4. The van der Waals surface area contributed by atoms with Gasteiger partial charge >= 0.3 is 5.97 Å². The molecule has 0 bridgehead atoms. The maximum Gasteiger partial charge on any atom is 0.325 e. The molecular formula is C25H33N5O6S2. The molecule has 1 amide bonds. The Labute approximate surface area is 225 Å². The van der Waals surface area contributed by atoms with Crippen molar-refractivity contribution < 1.29 is 27.5 Å². The Morgan fingerprint density at radius 1 is 1.13 bits per heavy atom. The molecule has 13 heteroatoms. The lowest BCUT2D eigenvalue weighted by Gasteiger charge is -2.27. The van der Waals surface area contributed by atoms with Crippen LogP contribution in [0.2, 0.25) is 0 Å². The molecule has 206 valence electrons. The van der Waals surface area contributed by atoms with Gasteiger partial charge in [0.1, 0.15) is 12.6 Å². The van der Waals surface area contributed by atoms with Crippen molar-refractivity contribution in [3.63, 3.8) is 0 Å². The maximum atomic E-state index is 13.5. The van der Waals surface area contributed by atoms with E-state index in [2.05, 4.69) is 9.71 Å². The van der Waals surface area contributed by atoms with Crippen LogP contribution in [0.15, 0.2) is 52.4 Å². The second kappa shape index (κ2) is 13.5. The van der Waals surface area contributed by atoms with Crippen molar-refractivity contribution in [3.05, 3.63) is 42.5 Å². The number of amides is 1. The molecule has 38 heavy (non-hydrogen) atoms. The summed E-state index contributed by atoms with van der Waals surface area (Å²) in [6, 6.07) is 11.5. The molecule has 3 aromatic rings. The van der Waals surface area contributed by atoms with Gasteiger partial charge in [-0.15, -0.1) is 11.3 Å². The molecule has 0 radical (unpaired) electrons. The number of thiophene rings is 1. The fraction of sp³-hybridized carbons (Fsp3) is 0.400. The molecule has 0 aliphatic carbocycles. The maximum absolute atomic E-state index is 13.5. The van der Waals surface area contributed by atoms with Crippen LogP contribution in [0.3, 0.4) is 0 Å². The van der Waals surface area contributed by atoms with E-state index in [4.69, 9.17) is 20.9 Å². The predicted octanol–water partition coefficient (Wildman–Crippen LogP) is 1.79. The summed E-state index contributed by atoms with van der Waals surface area (Å²) in [7, 11) is -2.65. The number of nitrogens with two attached hydrogens (primary N) is 2. The lowest BCUT2D eigenvalue weighted by Crippen LogP contribution is -2.51. The summed E-state index contributed by atoms with van der Waals surface area (Å²) in [5.74, 6) is -1.28. The number of guanidine groups is 1. The van der Waals surface area contributed by atoms with Crippen molar-refractivity contribution in [1.29, 1.82) is 0 Å². The van der Waals surface area contributed by atoms with Gasteiger partial charge in [0.2, 0.25) is 15.9 Å². The lowest BCUT2D eigenvalue weighted by atomic mass is 10.1. The summed E-state index contributed by atoms with van der Waals surface area (Å²) in [6.07, 6.45) is 0.424. The first-order chi connectivity index (χ1) is 18.2. The van der Waals surface area contributed by atoms with Crippen LogP contribution in [0.4, 0.5) is 0 Å². The second-order valence-corrected chi connectivity index (χ2v) is 11.2. The number of hydrogen-bond donors (Lipinski definition) is 3. The van der Waals surface area contributed by atoms with Gasteiger partial charge in [0.25, 0.3) is 0 Å². The van der Waals surface area contributed by atoms with E-state index in [1.165, 1.54) is 18.1 Å². The molecule has 1 heterocycles. The number of carbonyl (C=O) groups is 2. The van der Waals surface area contributed by atoms with Gasteiger partial charge in [0, 0.05) is 40.4 Å². The van der Waals surface area contributed by atoms with Crippen LogP contribution in [0.25, 0.3) is 20.2 Å². The number of rotatable bonds is 14. The van der Waals surface area contributed by atoms with E-state index in [1.807, 2.05) is 24.3 Å². The van der Waals surface area contributed by atoms with Gasteiger partial charge in [-0.3, -0.25) is 14.6 Å². The van der Waals surface area contributed by atoms with E-state index in [0.717, 1.165) is 20.2 Å². The topological polar surface area (TPSA) is 166 Å². The van der Waals surface area contributed by atoms with Crippen molar-refractivity contribution in [3.8, 4) is 0 Å². The third-order valence-electron chi connectivity index (χ3n) is 5.70. The van der Waals surface area contributed by atoms with Crippen LogP contribution in [0, 0.1) is 0 Å². The van der Waals surface area contributed by atoms with Gasteiger partial charge in [-0.2, -0.15) is 4.72 Å². The summed E-state index contributed by atoms with van der Waals surface area (Å²) in [6.45, 7) is 1.91. The number of esters is 1. The fourth-order valence-electron chi connectivity index (χ4n) is 3.92. The third-order valence-corrected chi connectivity index (χ3v) is 8.32. The average molecular weight is 564 g/mol. The quantitative estimate of drug-likeness (QED) is 0.116. The summed E-state index contributed by atoms with van der Waals surface area (Å²) in [5.41, 5.74) is 10.8. The minimum Gasteiger partial charge on any atom is -0.465 e. The van der Waals surface area contributed by atoms with E-state index in [9.17, 15) is 18.0 Å². The monoisotopic (exact) mass is 563 g/mol. The van der Waals surface area contributed by atoms with Crippen LogP contribution in [-0.2, 0) is 29.1 Å². The summed E-state index contributed by atoms with van der Waals surface area (Å²) in [5, 5.41) is 1.77. The minimum absolute atomic E-state index is 0.0319. The molecule has 0 saturated carbocycles. The number of fused-ring (bicyclic) bond motifs is 3. The molecular weight excluding hydrogens is 530 g/mol. The standard InChI is InChI=1S/C25H33N5O6S2/c1-3-36-23(31)16-30(13-14-35-2)24(32)20(8-6-12-28-25(26)27)29-38(33,34)17-10-11-22-19(15-17)18-7-4-5-9-21(18)37-22/h4-5,7,9-11,15,20,29H,3,6,8,12-14,16H2,1-2H3,(H4,26,27,28)/t20-/m0/s1. The number of nitrogens with zero attached hydrogens (tertiary/aromatic N) is 2. The van der Waals surface area contributed by atoms with Gasteiger partial charge < -0.3 is 25.8 Å². The van der Waals surface area contributed by atoms with Crippen LogP contribution in [0.1, 0.15) is 19.8 Å². The SMILES string of the molecule is CCOC(=O)CN(CCOC)C(=O)[C@H](CCCN=C(N)N)NS(=O)(=O)c1ccc2sc3ccccc3c2c1. The summed E-state index contributed by atoms with van der Waals surface area (Å²) < 4.78 is 41.6. The molecule has 0 aliphatic rings. The highest BCUT2D eigenvalue weighted by atomic mass is 32.2. The van der Waals surface area contributed by atoms with E-state index >= 15 is 0 Å². The highest BCUT2D eigenvalue weighted by Gasteiger charge is 2.30. The molecule has 11 nitrogen and oxygen atoms in total. The third kappa shape index (κ3) is 7.63. The summed E-state index contributed by atoms with van der Waals surface area (Å²) >= 11 is 1.57. The number of aliphatic imine (C=N–C) groups is 1. The second-order valence-electron chi connectivity index (χ2n) is 8.44. The zero-order valence-electron chi connectivity index (χ0n) is 21.4. The highest BCUT2D eigenvalue weighted by Crippen LogP contribution is 2.34. The molecule has 0 aliphatic heterocycles. The van der Waals surface area contributed by atoms with Crippen molar-refractivity contribution in [2.24, 2.45) is 16.5 Å². The number of nitrogens with one attached hydrogen (secondary N) is 1. The molecule has 0 spiro atoms. The molecule has 1 aromatic heterocycles. The van der Waals surface area contributed by atoms with Gasteiger partial charge in [-0.1, -0.05) is 18.2 Å². The molecule has 5 N–H and O–H groups in total. The number of ether oxygens (including phenoxy) is 2. The Balaban J connectivity index is 1.90. The van der Waals surface area contributed by atoms with Crippen LogP contribution < -0.4 is 16.2 Å². The van der Waals surface area contributed by atoms with E-state index < -0.39 is 27.9 Å². The van der Waals surface area contributed by atoms with E-state index in [1.54, 1.807) is 30.4 Å². The number of benzene rings is 2. The fourth-order valence-corrected chi connectivity index (χ4v) is 6.25. The zero-order chi connectivity index (χ0) is 27.7. The van der Waals surface area contributed by atoms with Crippen molar-refractivity contribution in [1.82, 2.24) is 9.62 Å². The molecule has 0 unspecified atom stereocenters. The number of carbonyl (C=O) groups excluding carboxylic acids is 2. The van der Waals surface area contributed by atoms with Gasteiger partial charge in [-0.05, 0) is 44.0 Å². The Morgan fingerprint density at radius 3 is 2.58 bits per heavy atom. The number of sulfonamides is 1. The summed E-state index contributed by atoms with van der Waals surface area (Å²) in [4.78, 5) is 30.8. The number of hydrogen-bond acceptors (Lipinski definition) is 8. The highest BCUT2D eigenvalue weighted by molar-refractivity contribution is 7.89. The molecule has 1 atom stereocenters. The smallest absolute Gasteiger partial charge is 0.325 e. The van der Waals surface area contributed by atoms with Gasteiger partial charge in [0.05, 0.1) is 18.1 Å². The average Bonchev–Trinajstić information content (AvgIpc) is 3.26. The molecule has 0 saturated heterocycles. The van der Waals surface area contributed by atoms with Crippen molar-refractivity contribution >= 4 is 59.4 Å². The Kier molecular flexibility index (Phi) is 10.4. The van der Waals surface area contributed by atoms with Gasteiger partial charge in [0.15, 0.2) is 5.96 Å².